The highest BCUT2D eigenvalue weighted by molar-refractivity contribution is 5.74. The Hall–Kier alpha value is -1.84. The van der Waals surface area contributed by atoms with Crippen molar-refractivity contribution in [2.24, 2.45) is 0 Å². The van der Waals surface area contributed by atoms with E-state index in [0.29, 0.717) is 0 Å². The number of pyridine rings is 1. The number of halogens is 6. The Bertz CT molecular complexity index is 496. The number of rotatable bonds is 2. The molecule has 0 aliphatic carbocycles. The van der Waals surface area contributed by atoms with Gasteiger partial charge in [0.1, 0.15) is 0 Å². The van der Waals surface area contributed by atoms with Gasteiger partial charge in [-0.2, -0.15) is 26.3 Å². The smallest absolute Gasteiger partial charge is 0.418 e. The van der Waals surface area contributed by atoms with Gasteiger partial charge in [-0.05, 0) is 6.07 Å². The number of hydrogen-bond donors (Lipinski definition) is 2. The Morgan fingerprint density at radius 2 is 1.68 bits per heavy atom. The minimum absolute atomic E-state index is 0.0245. The summed E-state index contributed by atoms with van der Waals surface area (Å²) in [6.45, 7) is 0. The minimum Gasteiger partial charge on any atom is -0.479 e. The molecule has 0 saturated heterocycles. The molecule has 4 nitrogen and oxygen atoms in total. The normalized spacial score (nSPS) is 14.3. The van der Waals surface area contributed by atoms with Crippen LogP contribution in [-0.4, -0.2) is 21.2 Å². The van der Waals surface area contributed by atoms with Gasteiger partial charge in [-0.15, -0.1) is 0 Å². The van der Waals surface area contributed by atoms with Crippen molar-refractivity contribution in [1.29, 1.82) is 0 Å². The average Bonchev–Trinajstić information content (AvgIpc) is 2.24. The predicted molar refractivity (Wildman–Crippen MR) is 46.8 cm³/mol. The van der Waals surface area contributed by atoms with Crippen LogP contribution in [0.2, 0.25) is 0 Å². The first-order valence-electron chi connectivity index (χ1n) is 4.50. The maximum absolute atomic E-state index is 12.5. The summed E-state index contributed by atoms with van der Waals surface area (Å²) in [5.74, 6) is -2.06. The van der Waals surface area contributed by atoms with Crippen LogP contribution in [0.25, 0.3) is 0 Å². The van der Waals surface area contributed by atoms with Gasteiger partial charge in [-0.25, -0.2) is 4.79 Å². The van der Waals surface area contributed by atoms with Gasteiger partial charge in [0.2, 0.25) is 0 Å². The van der Waals surface area contributed by atoms with Crippen LogP contribution in [0.4, 0.5) is 26.3 Å². The van der Waals surface area contributed by atoms with Gasteiger partial charge in [0.05, 0.1) is 16.8 Å². The number of aromatic nitrogens is 1. The third-order valence-corrected chi connectivity index (χ3v) is 2.04. The number of aliphatic carboxylic acids is 1. The van der Waals surface area contributed by atoms with Crippen molar-refractivity contribution in [2.75, 3.05) is 0 Å². The topological polar surface area (TPSA) is 70.4 Å². The SMILES string of the molecule is O=C(O)C(O)c1ncc(C(F)(F)F)cc1C(F)(F)F. The van der Waals surface area contributed by atoms with Crippen LogP contribution in [0.1, 0.15) is 22.9 Å². The summed E-state index contributed by atoms with van der Waals surface area (Å²) >= 11 is 0. The molecule has 0 saturated carbocycles. The first kappa shape index (κ1) is 15.2. The summed E-state index contributed by atoms with van der Waals surface area (Å²) in [4.78, 5) is 13.1. The Labute approximate surface area is 101 Å². The van der Waals surface area contributed by atoms with Crippen molar-refractivity contribution in [3.05, 3.63) is 29.1 Å². The lowest BCUT2D eigenvalue weighted by atomic mass is 10.1. The number of carboxylic acids is 1. The van der Waals surface area contributed by atoms with Gasteiger partial charge in [0.15, 0.2) is 6.10 Å². The molecule has 1 aromatic heterocycles. The maximum atomic E-state index is 12.5. The van der Waals surface area contributed by atoms with Gasteiger partial charge in [-0.3, -0.25) is 4.98 Å². The van der Waals surface area contributed by atoms with Gasteiger partial charge in [0, 0.05) is 6.20 Å². The second-order valence-electron chi connectivity index (χ2n) is 3.39. The van der Waals surface area contributed by atoms with Crippen LogP contribution in [0.3, 0.4) is 0 Å². The van der Waals surface area contributed by atoms with Gasteiger partial charge in [0.25, 0.3) is 0 Å². The number of nitrogens with zero attached hydrogens (tertiary/aromatic N) is 1. The zero-order chi connectivity index (χ0) is 15.0. The molecule has 106 valence electrons. The van der Waals surface area contributed by atoms with Gasteiger partial charge >= 0.3 is 18.3 Å². The number of hydrogen-bond acceptors (Lipinski definition) is 3. The lowest BCUT2D eigenvalue weighted by Crippen LogP contribution is -2.21. The predicted octanol–water partition coefficient (Wildman–Crippen LogP) is 2.24. The summed E-state index contributed by atoms with van der Waals surface area (Å²) in [5, 5.41) is 17.4. The van der Waals surface area contributed by atoms with E-state index < -0.39 is 41.2 Å². The van der Waals surface area contributed by atoms with Crippen molar-refractivity contribution in [3.63, 3.8) is 0 Å². The molecule has 10 heteroatoms. The molecule has 0 radical (unpaired) electrons. The summed E-state index contributed by atoms with van der Waals surface area (Å²) in [6.07, 6.45) is -13.0. The molecule has 2 N–H and O–H groups in total. The number of alkyl halides is 6. The van der Waals surface area contributed by atoms with Crippen LogP contribution in [0.5, 0.6) is 0 Å². The Kier molecular flexibility index (Phi) is 3.75. The Morgan fingerprint density at radius 1 is 1.16 bits per heavy atom. The van der Waals surface area contributed by atoms with Crippen molar-refractivity contribution in [2.45, 2.75) is 18.5 Å². The standard InChI is InChI=1S/C9H5F6NO3/c10-8(11,12)3-1-4(9(13,14)15)5(16-2-3)6(17)7(18)19/h1-2,6,17H,(H,18,19). The largest absolute Gasteiger partial charge is 0.479 e. The molecule has 1 unspecified atom stereocenters. The molecule has 0 aliphatic rings. The molecule has 0 aliphatic heterocycles. The highest BCUT2D eigenvalue weighted by atomic mass is 19.4. The zero-order valence-corrected chi connectivity index (χ0v) is 8.75. The lowest BCUT2D eigenvalue weighted by Gasteiger charge is -2.16. The fourth-order valence-electron chi connectivity index (χ4n) is 1.19. The molecular formula is C9H5F6NO3. The van der Waals surface area contributed by atoms with E-state index in [-0.39, 0.29) is 12.3 Å². The average molecular weight is 289 g/mol. The minimum atomic E-state index is -5.28. The van der Waals surface area contributed by atoms with E-state index in [2.05, 4.69) is 4.98 Å². The lowest BCUT2D eigenvalue weighted by molar-refractivity contribution is -0.150. The van der Waals surface area contributed by atoms with Crippen molar-refractivity contribution in [3.8, 4) is 0 Å². The van der Waals surface area contributed by atoms with Crippen LogP contribution >= 0.6 is 0 Å². The molecule has 0 aromatic carbocycles. The van der Waals surface area contributed by atoms with Gasteiger partial charge in [-0.1, -0.05) is 0 Å². The molecule has 0 bridgehead atoms. The molecular weight excluding hydrogens is 284 g/mol. The van der Waals surface area contributed by atoms with Crippen LogP contribution in [-0.2, 0) is 17.1 Å². The van der Waals surface area contributed by atoms with Gasteiger partial charge < -0.3 is 10.2 Å². The molecule has 0 amide bonds. The second kappa shape index (κ2) is 4.68. The number of aliphatic hydroxyl groups is 1. The summed E-state index contributed by atoms with van der Waals surface area (Å²) in [6, 6.07) is -0.297. The molecule has 1 aromatic rings. The fourth-order valence-corrected chi connectivity index (χ4v) is 1.19. The van der Waals surface area contributed by atoms with Crippen LogP contribution < -0.4 is 0 Å². The van der Waals surface area contributed by atoms with E-state index >= 15 is 0 Å². The highest BCUT2D eigenvalue weighted by Gasteiger charge is 2.41. The molecule has 19 heavy (non-hydrogen) atoms. The first-order valence-corrected chi connectivity index (χ1v) is 4.50. The van der Waals surface area contributed by atoms with Crippen molar-refractivity contribution < 1.29 is 41.4 Å². The number of aliphatic hydroxyl groups excluding tert-OH is 1. The van der Waals surface area contributed by atoms with E-state index in [9.17, 15) is 31.1 Å². The van der Waals surface area contributed by atoms with E-state index in [1.807, 2.05) is 0 Å². The third kappa shape index (κ3) is 3.34. The molecule has 1 atom stereocenters. The molecule has 0 fully saturated rings. The van der Waals surface area contributed by atoms with Crippen LogP contribution in [0, 0.1) is 0 Å². The van der Waals surface area contributed by atoms with E-state index in [0.717, 1.165) is 0 Å². The molecule has 0 spiro atoms. The van der Waals surface area contributed by atoms with Crippen LogP contribution in [0.15, 0.2) is 12.3 Å². The van der Waals surface area contributed by atoms with E-state index in [1.165, 1.54) is 0 Å². The fraction of sp³-hybridized carbons (Fsp3) is 0.333. The Morgan fingerprint density at radius 3 is 2.05 bits per heavy atom. The quantitative estimate of drug-likeness (QED) is 0.819. The van der Waals surface area contributed by atoms with Crippen molar-refractivity contribution >= 4 is 5.97 Å². The maximum Gasteiger partial charge on any atom is 0.418 e. The number of carboxylic acid groups (broad SMARTS) is 1. The van der Waals surface area contributed by atoms with E-state index in [4.69, 9.17) is 10.2 Å². The first-order chi connectivity index (χ1) is 8.44. The summed E-state index contributed by atoms with van der Waals surface area (Å²) in [7, 11) is 0. The zero-order valence-electron chi connectivity index (χ0n) is 8.75. The number of carbonyl (C=O) groups is 1. The highest BCUT2D eigenvalue weighted by Crippen LogP contribution is 2.37. The summed E-state index contributed by atoms with van der Waals surface area (Å²) < 4.78 is 74.4. The van der Waals surface area contributed by atoms with E-state index in [1.54, 1.807) is 0 Å². The molecule has 1 heterocycles. The second-order valence-corrected chi connectivity index (χ2v) is 3.39. The van der Waals surface area contributed by atoms with Crippen molar-refractivity contribution in [1.82, 2.24) is 4.98 Å². The monoisotopic (exact) mass is 289 g/mol. The molecule has 1 rings (SSSR count). The third-order valence-electron chi connectivity index (χ3n) is 2.04. The Balaban J connectivity index is 3.46. The summed E-state index contributed by atoms with van der Waals surface area (Å²) in [5.41, 5.74) is -5.04.